The van der Waals surface area contributed by atoms with Crippen molar-refractivity contribution >= 4 is 40.8 Å². The predicted molar refractivity (Wildman–Crippen MR) is 124 cm³/mol. The lowest BCUT2D eigenvalue weighted by Gasteiger charge is -2.08. The van der Waals surface area contributed by atoms with Crippen LogP contribution in [0.5, 0.6) is 0 Å². The van der Waals surface area contributed by atoms with Crippen molar-refractivity contribution in [3.05, 3.63) is 75.1 Å². The van der Waals surface area contributed by atoms with Gasteiger partial charge in [-0.1, -0.05) is 41.6 Å². The number of hydrogen-bond donors (Lipinski definition) is 1. The molecule has 8 nitrogen and oxygen atoms in total. The first-order valence-corrected chi connectivity index (χ1v) is 11.7. The molecule has 0 spiro atoms. The molecule has 0 fully saturated rings. The van der Waals surface area contributed by atoms with Crippen molar-refractivity contribution in [2.75, 3.05) is 11.1 Å². The SMILES string of the molecule is Cc1ccc(CSCc2nnc(SCC(=O)Nc3ccc([N+](=O)[O-])cc3C)n2C)cc1. The maximum atomic E-state index is 12.3. The molecule has 0 unspecified atom stereocenters. The number of amides is 1. The van der Waals surface area contributed by atoms with Crippen LogP contribution in [0.2, 0.25) is 0 Å². The first kappa shape index (κ1) is 22.8. The number of aromatic nitrogens is 3. The molecule has 10 heteroatoms. The number of thioether (sulfide) groups is 2. The second-order valence-corrected chi connectivity index (χ2v) is 8.96. The molecule has 0 saturated carbocycles. The van der Waals surface area contributed by atoms with Gasteiger partial charge in [0.15, 0.2) is 5.16 Å². The highest BCUT2D eigenvalue weighted by molar-refractivity contribution is 7.99. The monoisotopic (exact) mass is 457 g/mol. The first-order valence-electron chi connectivity index (χ1n) is 9.52. The van der Waals surface area contributed by atoms with E-state index < -0.39 is 4.92 Å². The molecule has 0 aliphatic carbocycles. The number of carbonyl (C=O) groups is 1. The lowest BCUT2D eigenvalue weighted by Crippen LogP contribution is -2.15. The third kappa shape index (κ3) is 6.31. The molecule has 1 amide bonds. The molecule has 1 aromatic heterocycles. The Labute approximate surface area is 189 Å². The van der Waals surface area contributed by atoms with Gasteiger partial charge in [-0.25, -0.2) is 0 Å². The summed E-state index contributed by atoms with van der Waals surface area (Å²) in [6.45, 7) is 3.79. The Morgan fingerprint density at radius 1 is 1.13 bits per heavy atom. The van der Waals surface area contributed by atoms with E-state index in [0.717, 1.165) is 17.3 Å². The van der Waals surface area contributed by atoms with Crippen LogP contribution in [-0.4, -0.2) is 31.3 Å². The number of carbonyl (C=O) groups excluding carboxylic acids is 1. The lowest BCUT2D eigenvalue weighted by atomic mass is 10.2. The quantitative estimate of drug-likeness (QED) is 0.286. The minimum atomic E-state index is -0.459. The Balaban J connectivity index is 1.49. The fraction of sp³-hybridized carbons (Fsp3) is 0.286. The number of aryl methyl sites for hydroxylation is 2. The number of nitrogens with one attached hydrogen (secondary N) is 1. The van der Waals surface area contributed by atoms with Crippen LogP contribution >= 0.6 is 23.5 Å². The van der Waals surface area contributed by atoms with Crippen molar-refractivity contribution in [3.63, 3.8) is 0 Å². The van der Waals surface area contributed by atoms with Gasteiger partial charge < -0.3 is 9.88 Å². The average molecular weight is 458 g/mol. The van der Waals surface area contributed by atoms with E-state index in [1.54, 1.807) is 24.8 Å². The molecule has 0 aliphatic heterocycles. The molecular weight excluding hydrogens is 434 g/mol. The van der Waals surface area contributed by atoms with Crippen molar-refractivity contribution in [2.45, 2.75) is 30.5 Å². The summed E-state index contributed by atoms with van der Waals surface area (Å²) in [5, 5.41) is 22.7. The zero-order valence-electron chi connectivity index (χ0n) is 17.5. The number of rotatable bonds is 9. The second kappa shape index (κ2) is 10.5. The van der Waals surface area contributed by atoms with Crippen LogP contribution in [0.3, 0.4) is 0 Å². The van der Waals surface area contributed by atoms with Gasteiger partial charge in [-0.15, -0.1) is 22.0 Å². The van der Waals surface area contributed by atoms with E-state index in [-0.39, 0.29) is 17.3 Å². The van der Waals surface area contributed by atoms with Gasteiger partial charge in [-0.3, -0.25) is 14.9 Å². The summed E-state index contributed by atoms with van der Waals surface area (Å²) in [7, 11) is 1.89. The molecule has 3 aromatic rings. The summed E-state index contributed by atoms with van der Waals surface area (Å²) >= 11 is 3.06. The lowest BCUT2D eigenvalue weighted by molar-refractivity contribution is -0.384. The van der Waals surface area contributed by atoms with E-state index in [2.05, 4.69) is 46.7 Å². The van der Waals surface area contributed by atoms with Crippen LogP contribution in [0, 0.1) is 24.0 Å². The molecule has 162 valence electrons. The number of nitro groups is 1. The van der Waals surface area contributed by atoms with E-state index >= 15 is 0 Å². The van der Waals surface area contributed by atoms with Crippen LogP contribution in [0.25, 0.3) is 0 Å². The molecule has 0 atom stereocenters. The third-order valence-corrected chi connectivity index (χ3v) is 6.59. The zero-order valence-corrected chi connectivity index (χ0v) is 19.1. The van der Waals surface area contributed by atoms with E-state index in [1.165, 1.54) is 35.0 Å². The standard InChI is InChI=1S/C21H23N5O3S2/c1-14-4-6-16(7-5-14)11-30-12-19-23-24-21(25(19)3)31-13-20(27)22-18-9-8-17(26(28)29)10-15(18)2/h4-10H,11-13H2,1-3H3,(H,22,27). The summed E-state index contributed by atoms with van der Waals surface area (Å²) in [5.74, 6) is 2.43. The largest absolute Gasteiger partial charge is 0.325 e. The predicted octanol–water partition coefficient (Wildman–Crippen LogP) is 4.50. The Hall–Kier alpha value is -2.85. The summed E-state index contributed by atoms with van der Waals surface area (Å²) in [5.41, 5.74) is 3.71. The third-order valence-electron chi connectivity index (χ3n) is 4.57. The number of nitro benzene ring substituents is 1. The van der Waals surface area contributed by atoms with Gasteiger partial charge in [0.05, 0.1) is 16.4 Å². The van der Waals surface area contributed by atoms with Gasteiger partial charge >= 0.3 is 0 Å². The Morgan fingerprint density at radius 3 is 2.55 bits per heavy atom. The first-order chi connectivity index (χ1) is 14.8. The van der Waals surface area contributed by atoms with Gasteiger partial charge in [-0.05, 0) is 31.0 Å². The fourth-order valence-corrected chi connectivity index (χ4v) is 4.45. The van der Waals surface area contributed by atoms with E-state index in [1.807, 2.05) is 11.6 Å². The summed E-state index contributed by atoms with van der Waals surface area (Å²) in [6.07, 6.45) is 0. The van der Waals surface area contributed by atoms with Gasteiger partial charge in [0.25, 0.3) is 5.69 Å². The van der Waals surface area contributed by atoms with Gasteiger partial charge in [0, 0.05) is 30.6 Å². The molecule has 0 radical (unpaired) electrons. The average Bonchev–Trinajstić information content (AvgIpc) is 3.09. The minimum Gasteiger partial charge on any atom is -0.325 e. The molecular formula is C21H23N5O3S2. The van der Waals surface area contributed by atoms with Crippen LogP contribution in [0.1, 0.15) is 22.5 Å². The van der Waals surface area contributed by atoms with Gasteiger partial charge in [-0.2, -0.15) is 0 Å². The highest BCUT2D eigenvalue weighted by atomic mass is 32.2. The van der Waals surface area contributed by atoms with Crippen molar-refractivity contribution in [1.29, 1.82) is 0 Å². The molecule has 0 aliphatic rings. The van der Waals surface area contributed by atoms with Gasteiger partial charge in [0.2, 0.25) is 5.91 Å². The van der Waals surface area contributed by atoms with Crippen LogP contribution in [0.4, 0.5) is 11.4 Å². The minimum absolute atomic E-state index is 0.00302. The molecule has 1 heterocycles. The molecule has 31 heavy (non-hydrogen) atoms. The number of hydrogen-bond acceptors (Lipinski definition) is 7. The maximum Gasteiger partial charge on any atom is 0.269 e. The molecule has 2 aromatic carbocycles. The van der Waals surface area contributed by atoms with E-state index in [0.29, 0.717) is 16.4 Å². The highest BCUT2D eigenvalue weighted by Gasteiger charge is 2.14. The Kier molecular flexibility index (Phi) is 7.69. The summed E-state index contributed by atoms with van der Waals surface area (Å²) in [4.78, 5) is 22.7. The van der Waals surface area contributed by atoms with Crippen molar-refractivity contribution in [3.8, 4) is 0 Å². The number of anilines is 1. The highest BCUT2D eigenvalue weighted by Crippen LogP contribution is 2.23. The number of nitrogens with zero attached hydrogens (tertiary/aromatic N) is 4. The zero-order chi connectivity index (χ0) is 22.4. The Bertz CT molecular complexity index is 1080. The number of benzene rings is 2. The fourth-order valence-electron chi connectivity index (χ4n) is 2.76. The van der Waals surface area contributed by atoms with Crippen molar-refractivity contribution < 1.29 is 9.72 Å². The van der Waals surface area contributed by atoms with Crippen molar-refractivity contribution in [1.82, 2.24) is 14.8 Å². The summed E-state index contributed by atoms with van der Waals surface area (Å²) in [6, 6.07) is 12.8. The molecule has 1 N–H and O–H groups in total. The van der Waals surface area contributed by atoms with Crippen molar-refractivity contribution in [2.24, 2.45) is 7.05 Å². The van der Waals surface area contributed by atoms with Crippen LogP contribution in [-0.2, 0) is 23.3 Å². The topological polar surface area (TPSA) is 103 Å². The van der Waals surface area contributed by atoms with E-state index in [9.17, 15) is 14.9 Å². The smallest absolute Gasteiger partial charge is 0.269 e. The Morgan fingerprint density at radius 2 is 1.87 bits per heavy atom. The van der Waals surface area contributed by atoms with E-state index in [4.69, 9.17) is 0 Å². The molecule has 3 rings (SSSR count). The summed E-state index contributed by atoms with van der Waals surface area (Å²) < 4.78 is 1.90. The second-order valence-electron chi connectivity index (χ2n) is 7.03. The molecule has 0 saturated heterocycles. The molecule has 0 bridgehead atoms. The number of non-ortho nitro benzene ring substituents is 1. The van der Waals surface area contributed by atoms with Crippen LogP contribution in [0.15, 0.2) is 47.6 Å². The maximum absolute atomic E-state index is 12.3. The van der Waals surface area contributed by atoms with Crippen LogP contribution < -0.4 is 5.32 Å². The van der Waals surface area contributed by atoms with Gasteiger partial charge in [0.1, 0.15) is 5.82 Å². The normalized spacial score (nSPS) is 10.8.